The minimum atomic E-state index is -0.161. The van der Waals surface area contributed by atoms with Gasteiger partial charge in [0, 0.05) is 23.3 Å². The van der Waals surface area contributed by atoms with Crippen LogP contribution in [0.2, 0.25) is 5.02 Å². The molecular weight excluding hydrogens is 250 g/mol. The number of pyridine rings is 1. The molecule has 1 aromatic rings. The summed E-state index contributed by atoms with van der Waals surface area (Å²) in [7, 11) is 4.12. The van der Waals surface area contributed by atoms with Crippen molar-refractivity contribution in [1.82, 2.24) is 15.2 Å². The van der Waals surface area contributed by atoms with Crippen LogP contribution in [0.4, 0.5) is 0 Å². The van der Waals surface area contributed by atoms with Gasteiger partial charge in [0.15, 0.2) is 0 Å². The highest BCUT2D eigenvalue weighted by Gasteiger charge is 2.39. The lowest BCUT2D eigenvalue weighted by molar-refractivity contribution is 0.0556. The van der Waals surface area contributed by atoms with E-state index in [1.54, 1.807) is 18.3 Å². The van der Waals surface area contributed by atoms with Crippen LogP contribution in [0.1, 0.15) is 29.8 Å². The molecule has 1 heterocycles. The van der Waals surface area contributed by atoms with Gasteiger partial charge in [-0.25, -0.2) is 0 Å². The van der Waals surface area contributed by atoms with Gasteiger partial charge in [-0.15, -0.1) is 0 Å². The number of halogens is 1. The fourth-order valence-corrected chi connectivity index (χ4v) is 2.39. The van der Waals surface area contributed by atoms with Crippen molar-refractivity contribution in [2.75, 3.05) is 20.6 Å². The van der Waals surface area contributed by atoms with Gasteiger partial charge in [0.05, 0.1) is 0 Å². The zero-order chi connectivity index (χ0) is 13.2. The van der Waals surface area contributed by atoms with Gasteiger partial charge in [-0.1, -0.05) is 11.6 Å². The van der Waals surface area contributed by atoms with Gasteiger partial charge in [0.2, 0.25) is 0 Å². The van der Waals surface area contributed by atoms with Crippen LogP contribution in [0.5, 0.6) is 0 Å². The van der Waals surface area contributed by atoms with Crippen molar-refractivity contribution in [3.8, 4) is 0 Å². The van der Waals surface area contributed by atoms with Crippen LogP contribution in [-0.2, 0) is 0 Å². The second kappa shape index (κ2) is 5.24. The maximum atomic E-state index is 12.0. The quantitative estimate of drug-likeness (QED) is 0.907. The first-order chi connectivity index (χ1) is 8.53. The maximum Gasteiger partial charge on any atom is 0.269 e. The minimum Gasteiger partial charge on any atom is -0.349 e. The van der Waals surface area contributed by atoms with E-state index in [1.165, 1.54) is 6.42 Å². The third-order valence-corrected chi connectivity index (χ3v) is 4.00. The van der Waals surface area contributed by atoms with Crippen molar-refractivity contribution in [2.24, 2.45) is 0 Å². The Hall–Kier alpha value is -1.13. The Balaban J connectivity index is 1.96. The molecule has 4 nitrogen and oxygen atoms in total. The predicted molar refractivity (Wildman–Crippen MR) is 71.8 cm³/mol. The number of carbonyl (C=O) groups excluding carboxylic acids is 1. The number of hydrogen-bond acceptors (Lipinski definition) is 3. The summed E-state index contributed by atoms with van der Waals surface area (Å²) in [6.07, 6.45) is 5.03. The predicted octanol–water partition coefficient (Wildman–Crippen LogP) is 1.95. The van der Waals surface area contributed by atoms with E-state index in [9.17, 15) is 4.79 Å². The summed E-state index contributed by atoms with van der Waals surface area (Å²) < 4.78 is 0. The molecule has 1 aliphatic rings. The van der Waals surface area contributed by atoms with Crippen LogP contribution in [0, 0.1) is 0 Å². The molecule has 0 bridgehead atoms. The zero-order valence-corrected chi connectivity index (χ0v) is 11.5. The van der Waals surface area contributed by atoms with Crippen LogP contribution in [-0.4, -0.2) is 42.0 Å². The molecule has 2 rings (SSSR count). The molecule has 1 aliphatic carbocycles. The minimum absolute atomic E-state index is 0.119. The highest BCUT2D eigenvalue weighted by atomic mass is 35.5. The zero-order valence-electron chi connectivity index (χ0n) is 10.7. The Bertz CT molecular complexity index is 444. The van der Waals surface area contributed by atoms with E-state index in [2.05, 4.69) is 29.3 Å². The van der Waals surface area contributed by atoms with E-state index in [-0.39, 0.29) is 11.4 Å². The van der Waals surface area contributed by atoms with Crippen LogP contribution in [0.3, 0.4) is 0 Å². The number of likely N-dealkylation sites (N-methyl/N-ethyl adjacent to an activating group) is 1. The first-order valence-electron chi connectivity index (χ1n) is 6.11. The van der Waals surface area contributed by atoms with E-state index >= 15 is 0 Å². The molecule has 1 N–H and O–H groups in total. The summed E-state index contributed by atoms with van der Waals surface area (Å²) >= 11 is 5.84. The first-order valence-corrected chi connectivity index (χ1v) is 6.48. The summed E-state index contributed by atoms with van der Waals surface area (Å²) in [5, 5.41) is 3.48. The summed E-state index contributed by atoms with van der Waals surface area (Å²) in [6.45, 7) is 0.660. The molecule has 18 heavy (non-hydrogen) atoms. The van der Waals surface area contributed by atoms with Crippen molar-refractivity contribution < 1.29 is 4.79 Å². The van der Waals surface area contributed by atoms with Crippen molar-refractivity contribution in [3.05, 3.63) is 29.0 Å². The van der Waals surface area contributed by atoms with E-state index in [4.69, 9.17) is 11.6 Å². The van der Waals surface area contributed by atoms with Crippen LogP contribution in [0.15, 0.2) is 18.3 Å². The standard InChI is InChI=1S/C13H18ClN3O/c1-17(2)13(5-3-6-13)9-16-12(18)11-8-10(14)4-7-15-11/h4,7-8H,3,5-6,9H2,1-2H3,(H,16,18). The summed E-state index contributed by atoms with van der Waals surface area (Å²) in [4.78, 5) is 18.2. The average molecular weight is 268 g/mol. The summed E-state index contributed by atoms with van der Waals surface area (Å²) in [6, 6.07) is 3.24. The number of amides is 1. The highest BCUT2D eigenvalue weighted by Crippen LogP contribution is 2.35. The largest absolute Gasteiger partial charge is 0.349 e. The van der Waals surface area contributed by atoms with Crippen LogP contribution >= 0.6 is 11.6 Å². The Morgan fingerprint density at radius 1 is 1.56 bits per heavy atom. The summed E-state index contributed by atoms with van der Waals surface area (Å²) in [5.41, 5.74) is 0.490. The molecule has 0 saturated heterocycles. The second-order valence-corrected chi connectivity index (χ2v) is 5.45. The van der Waals surface area contributed by atoms with Gasteiger partial charge in [-0.3, -0.25) is 9.78 Å². The number of rotatable bonds is 4. The highest BCUT2D eigenvalue weighted by molar-refractivity contribution is 6.30. The normalized spacial score (nSPS) is 17.3. The molecule has 0 aromatic carbocycles. The van der Waals surface area contributed by atoms with Gasteiger partial charge in [0.25, 0.3) is 5.91 Å². The molecular formula is C13H18ClN3O. The third-order valence-electron chi connectivity index (χ3n) is 3.77. The van der Waals surface area contributed by atoms with Crippen LogP contribution < -0.4 is 5.32 Å². The molecule has 1 amide bonds. The molecule has 5 heteroatoms. The van der Waals surface area contributed by atoms with Crippen molar-refractivity contribution in [2.45, 2.75) is 24.8 Å². The van der Waals surface area contributed by atoms with E-state index in [0.29, 0.717) is 17.3 Å². The fraction of sp³-hybridized carbons (Fsp3) is 0.538. The molecule has 98 valence electrons. The topological polar surface area (TPSA) is 45.2 Å². The smallest absolute Gasteiger partial charge is 0.269 e. The second-order valence-electron chi connectivity index (χ2n) is 5.01. The molecule has 1 saturated carbocycles. The molecule has 0 unspecified atom stereocenters. The van der Waals surface area contributed by atoms with Crippen molar-refractivity contribution in [3.63, 3.8) is 0 Å². The molecule has 0 radical (unpaired) electrons. The molecule has 1 aromatic heterocycles. The molecule has 0 aliphatic heterocycles. The number of aromatic nitrogens is 1. The van der Waals surface area contributed by atoms with E-state index in [0.717, 1.165) is 12.8 Å². The molecule has 0 atom stereocenters. The van der Waals surface area contributed by atoms with Gasteiger partial charge in [-0.2, -0.15) is 0 Å². The van der Waals surface area contributed by atoms with Crippen molar-refractivity contribution in [1.29, 1.82) is 0 Å². The first kappa shape index (κ1) is 13.3. The number of carbonyl (C=O) groups is 1. The van der Waals surface area contributed by atoms with Gasteiger partial charge >= 0.3 is 0 Å². The summed E-state index contributed by atoms with van der Waals surface area (Å²) in [5.74, 6) is -0.161. The Kier molecular flexibility index (Phi) is 3.88. The number of hydrogen-bond donors (Lipinski definition) is 1. The Morgan fingerprint density at radius 3 is 2.78 bits per heavy atom. The SMILES string of the molecule is CN(C)C1(CNC(=O)c2cc(Cl)ccn2)CCC1. The lowest BCUT2D eigenvalue weighted by Crippen LogP contribution is -2.57. The monoisotopic (exact) mass is 267 g/mol. The number of nitrogens with zero attached hydrogens (tertiary/aromatic N) is 2. The molecule has 0 spiro atoms. The lowest BCUT2D eigenvalue weighted by Gasteiger charge is -2.47. The average Bonchev–Trinajstić information content (AvgIpc) is 2.26. The number of nitrogens with one attached hydrogen (secondary N) is 1. The van der Waals surface area contributed by atoms with Gasteiger partial charge in [-0.05, 0) is 45.5 Å². The Labute approximate surface area is 112 Å². The van der Waals surface area contributed by atoms with Gasteiger partial charge in [0.1, 0.15) is 5.69 Å². The van der Waals surface area contributed by atoms with Gasteiger partial charge < -0.3 is 10.2 Å². The Morgan fingerprint density at radius 2 is 2.28 bits per heavy atom. The van der Waals surface area contributed by atoms with Crippen molar-refractivity contribution >= 4 is 17.5 Å². The van der Waals surface area contributed by atoms with E-state index < -0.39 is 0 Å². The maximum absolute atomic E-state index is 12.0. The lowest BCUT2D eigenvalue weighted by atomic mass is 9.75. The van der Waals surface area contributed by atoms with Crippen LogP contribution in [0.25, 0.3) is 0 Å². The van der Waals surface area contributed by atoms with E-state index in [1.807, 2.05) is 0 Å². The third kappa shape index (κ3) is 2.65. The molecule has 1 fully saturated rings. The fourth-order valence-electron chi connectivity index (χ4n) is 2.23.